The number of aromatic hydroxyl groups is 2. The molecule has 1 atom stereocenters. The molecule has 0 heterocycles. The maximum atomic E-state index is 12.5. The van der Waals surface area contributed by atoms with Gasteiger partial charge in [-0.25, -0.2) is 13.1 Å². The molecule has 6 heteroatoms. The number of unbranched alkanes of at least 4 members (excludes halogenated alkanes) is 2. The molecule has 0 radical (unpaired) electrons. The molecule has 0 saturated carbocycles. The fourth-order valence-corrected chi connectivity index (χ4v) is 4.64. The van der Waals surface area contributed by atoms with E-state index in [9.17, 15) is 18.6 Å². The molecule has 0 spiro atoms. The molecule has 0 aliphatic heterocycles. The van der Waals surface area contributed by atoms with E-state index in [1.165, 1.54) is 18.7 Å². The van der Waals surface area contributed by atoms with Gasteiger partial charge in [-0.3, -0.25) is 0 Å². The Morgan fingerprint density at radius 3 is 2.60 bits per heavy atom. The van der Waals surface area contributed by atoms with Crippen molar-refractivity contribution in [3.8, 4) is 11.5 Å². The summed E-state index contributed by atoms with van der Waals surface area (Å²) in [5.74, 6) is -0.490. The first-order valence-electron chi connectivity index (χ1n) is 9.00. The van der Waals surface area contributed by atoms with E-state index in [0.29, 0.717) is 17.5 Å². The van der Waals surface area contributed by atoms with Gasteiger partial charge in [-0.05, 0) is 57.7 Å². The van der Waals surface area contributed by atoms with Crippen molar-refractivity contribution in [3.05, 3.63) is 28.8 Å². The molecule has 0 fully saturated rings. The van der Waals surface area contributed by atoms with Gasteiger partial charge in [0.2, 0.25) is 10.0 Å². The van der Waals surface area contributed by atoms with Gasteiger partial charge in [0.15, 0.2) is 0 Å². The molecule has 0 aromatic heterocycles. The summed E-state index contributed by atoms with van der Waals surface area (Å²) in [6.45, 7) is 4.09. The van der Waals surface area contributed by atoms with E-state index >= 15 is 0 Å². The highest BCUT2D eigenvalue weighted by atomic mass is 32.2. The van der Waals surface area contributed by atoms with Gasteiger partial charge >= 0.3 is 0 Å². The zero-order valence-electron chi connectivity index (χ0n) is 15.3. The Morgan fingerprint density at radius 2 is 2.00 bits per heavy atom. The number of hydrogen-bond donors (Lipinski definition) is 3. The van der Waals surface area contributed by atoms with Crippen molar-refractivity contribution < 1.29 is 18.6 Å². The first-order valence-corrected chi connectivity index (χ1v) is 10.5. The molecule has 140 valence electrons. The second-order valence-electron chi connectivity index (χ2n) is 6.82. The Balaban J connectivity index is 2.60. The van der Waals surface area contributed by atoms with Crippen LogP contribution in [0, 0.1) is 0 Å². The van der Waals surface area contributed by atoms with Gasteiger partial charge in [-0.1, -0.05) is 31.4 Å². The van der Waals surface area contributed by atoms with Crippen LogP contribution < -0.4 is 4.72 Å². The summed E-state index contributed by atoms with van der Waals surface area (Å²) in [6.07, 6.45) is 8.04. The van der Waals surface area contributed by atoms with Crippen LogP contribution in [0.4, 0.5) is 0 Å². The first kappa shape index (κ1) is 19.8. The SMILES string of the molecule is CCCCCc1cc(O)c(C2C=C(C)CCC2)c(O)c1S(=O)(=O)NC. The predicted octanol–water partition coefficient (Wildman–Crippen LogP) is 3.95. The normalized spacial score (nSPS) is 18.2. The summed E-state index contributed by atoms with van der Waals surface area (Å²) in [6, 6.07) is 1.52. The van der Waals surface area contributed by atoms with Crippen LogP contribution in [0.5, 0.6) is 11.5 Å². The van der Waals surface area contributed by atoms with E-state index in [1.54, 1.807) is 0 Å². The molecule has 1 aromatic carbocycles. The van der Waals surface area contributed by atoms with E-state index in [4.69, 9.17) is 0 Å². The Labute approximate surface area is 150 Å². The van der Waals surface area contributed by atoms with Crippen LogP contribution in [0.15, 0.2) is 22.6 Å². The Morgan fingerprint density at radius 1 is 1.28 bits per heavy atom. The van der Waals surface area contributed by atoms with Gasteiger partial charge in [0.05, 0.1) is 0 Å². The van der Waals surface area contributed by atoms with Crippen molar-refractivity contribution in [1.29, 1.82) is 0 Å². The number of phenols is 2. The Bertz CT molecular complexity index is 753. The van der Waals surface area contributed by atoms with Crippen LogP contribution in [0.25, 0.3) is 0 Å². The summed E-state index contributed by atoms with van der Waals surface area (Å²) in [5, 5.41) is 21.3. The van der Waals surface area contributed by atoms with Crippen LogP contribution >= 0.6 is 0 Å². The molecule has 3 N–H and O–H groups in total. The number of phenolic OH excluding ortho intramolecular Hbond substituents is 2. The highest BCUT2D eigenvalue weighted by Gasteiger charge is 2.29. The zero-order chi connectivity index (χ0) is 18.6. The lowest BCUT2D eigenvalue weighted by molar-refractivity contribution is 0.415. The maximum Gasteiger partial charge on any atom is 0.244 e. The number of hydrogen-bond acceptors (Lipinski definition) is 4. The van der Waals surface area contributed by atoms with Gasteiger partial charge in [0, 0.05) is 11.5 Å². The predicted molar refractivity (Wildman–Crippen MR) is 99.6 cm³/mol. The lowest BCUT2D eigenvalue weighted by atomic mass is 9.84. The standard InChI is InChI=1S/C19H29NO4S/c1-4-5-6-9-15-12-16(21)17(14-10-7-8-13(2)11-14)18(22)19(15)25(23,24)20-3/h11-12,14,20-22H,4-10H2,1-3H3. The summed E-state index contributed by atoms with van der Waals surface area (Å²) < 4.78 is 27.3. The number of benzene rings is 1. The Hall–Kier alpha value is -1.53. The summed E-state index contributed by atoms with van der Waals surface area (Å²) in [4.78, 5) is -0.0875. The van der Waals surface area contributed by atoms with Crippen molar-refractivity contribution in [1.82, 2.24) is 4.72 Å². The zero-order valence-corrected chi connectivity index (χ0v) is 16.1. The highest BCUT2D eigenvalue weighted by molar-refractivity contribution is 7.89. The summed E-state index contributed by atoms with van der Waals surface area (Å²) in [7, 11) is -2.48. The average Bonchev–Trinajstić information content (AvgIpc) is 2.54. The van der Waals surface area contributed by atoms with Crippen LogP contribution in [-0.4, -0.2) is 25.7 Å². The van der Waals surface area contributed by atoms with Crippen LogP contribution in [0.1, 0.15) is 69.4 Å². The molecule has 0 saturated heterocycles. The Kier molecular flexibility index (Phi) is 6.52. The highest BCUT2D eigenvalue weighted by Crippen LogP contribution is 2.45. The second kappa shape index (κ2) is 8.23. The van der Waals surface area contributed by atoms with Crippen LogP contribution in [0.2, 0.25) is 0 Å². The molecular weight excluding hydrogens is 338 g/mol. The minimum Gasteiger partial charge on any atom is -0.507 e. The monoisotopic (exact) mass is 367 g/mol. The summed E-state index contributed by atoms with van der Waals surface area (Å²) >= 11 is 0. The van der Waals surface area contributed by atoms with Crippen molar-refractivity contribution in [3.63, 3.8) is 0 Å². The van der Waals surface area contributed by atoms with Gasteiger partial charge in [-0.15, -0.1) is 0 Å². The van der Waals surface area contributed by atoms with E-state index in [0.717, 1.165) is 38.5 Å². The van der Waals surface area contributed by atoms with E-state index < -0.39 is 10.0 Å². The number of rotatable bonds is 7. The molecule has 1 aromatic rings. The van der Waals surface area contributed by atoms with E-state index in [-0.39, 0.29) is 22.3 Å². The third kappa shape index (κ3) is 4.36. The third-order valence-electron chi connectivity index (χ3n) is 4.88. The van der Waals surface area contributed by atoms with Gasteiger partial charge in [-0.2, -0.15) is 0 Å². The lowest BCUT2D eigenvalue weighted by Crippen LogP contribution is -2.21. The van der Waals surface area contributed by atoms with Crippen molar-refractivity contribution >= 4 is 10.0 Å². The average molecular weight is 368 g/mol. The van der Waals surface area contributed by atoms with Crippen molar-refractivity contribution in [2.24, 2.45) is 0 Å². The number of aryl methyl sites for hydroxylation is 1. The largest absolute Gasteiger partial charge is 0.507 e. The topological polar surface area (TPSA) is 86.6 Å². The van der Waals surface area contributed by atoms with Gasteiger partial charge in [0.25, 0.3) is 0 Å². The smallest absolute Gasteiger partial charge is 0.244 e. The third-order valence-corrected chi connectivity index (χ3v) is 6.41. The minimum atomic E-state index is -3.82. The fraction of sp³-hybridized carbons (Fsp3) is 0.579. The fourth-order valence-electron chi connectivity index (χ4n) is 3.56. The molecule has 1 aliphatic rings. The molecular formula is C19H29NO4S. The van der Waals surface area contributed by atoms with Gasteiger partial charge < -0.3 is 10.2 Å². The maximum absolute atomic E-state index is 12.5. The number of sulfonamides is 1. The minimum absolute atomic E-state index is 0.0185. The van der Waals surface area contributed by atoms with Crippen LogP contribution in [-0.2, 0) is 16.4 Å². The molecule has 25 heavy (non-hydrogen) atoms. The van der Waals surface area contributed by atoms with Gasteiger partial charge in [0.1, 0.15) is 16.4 Å². The van der Waals surface area contributed by atoms with Crippen molar-refractivity contribution in [2.75, 3.05) is 7.05 Å². The van der Waals surface area contributed by atoms with Crippen molar-refractivity contribution in [2.45, 2.75) is 69.6 Å². The summed E-state index contributed by atoms with van der Waals surface area (Å²) in [5.41, 5.74) is 1.99. The second-order valence-corrected chi connectivity index (χ2v) is 8.65. The molecule has 0 bridgehead atoms. The number of allylic oxidation sites excluding steroid dienone is 2. The molecule has 1 aliphatic carbocycles. The van der Waals surface area contributed by atoms with E-state index in [2.05, 4.69) is 11.6 Å². The van der Waals surface area contributed by atoms with E-state index in [1.807, 2.05) is 13.0 Å². The molecule has 0 amide bonds. The lowest BCUT2D eigenvalue weighted by Gasteiger charge is -2.24. The quantitative estimate of drug-likeness (QED) is 0.503. The first-order chi connectivity index (χ1) is 11.8. The molecule has 1 unspecified atom stereocenters. The molecule has 2 rings (SSSR count). The number of nitrogens with one attached hydrogen (secondary N) is 1. The molecule has 5 nitrogen and oxygen atoms in total. The van der Waals surface area contributed by atoms with Crippen LogP contribution in [0.3, 0.4) is 0 Å².